The third kappa shape index (κ3) is 5.20. The SMILES string of the molecule is CCc1cccc(OCC(O)CNC2CCCC2SC)c1. The van der Waals surface area contributed by atoms with Gasteiger partial charge in [0.15, 0.2) is 0 Å². The van der Waals surface area contributed by atoms with E-state index in [0.29, 0.717) is 24.4 Å². The van der Waals surface area contributed by atoms with Gasteiger partial charge in [0.25, 0.3) is 0 Å². The van der Waals surface area contributed by atoms with Gasteiger partial charge in [-0.15, -0.1) is 0 Å². The minimum atomic E-state index is -0.460. The van der Waals surface area contributed by atoms with Crippen molar-refractivity contribution in [2.24, 2.45) is 0 Å². The molecule has 0 bridgehead atoms. The van der Waals surface area contributed by atoms with Crippen LogP contribution in [0.3, 0.4) is 0 Å². The van der Waals surface area contributed by atoms with Crippen molar-refractivity contribution < 1.29 is 9.84 Å². The van der Waals surface area contributed by atoms with Gasteiger partial charge in [-0.2, -0.15) is 11.8 Å². The summed E-state index contributed by atoms with van der Waals surface area (Å²) in [6, 6.07) is 8.62. The number of ether oxygens (including phenoxy) is 1. The molecule has 21 heavy (non-hydrogen) atoms. The molecule has 0 saturated heterocycles. The van der Waals surface area contributed by atoms with Crippen molar-refractivity contribution in [1.29, 1.82) is 0 Å². The fourth-order valence-electron chi connectivity index (χ4n) is 2.84. The maximum atomic E-state index is 10.1. The molecule has 3 nitrogen and oxygen atoms in total. The van der Waals surface area contributed by atoms with E-state index in [1.807, 2.05) is 30.0 Å². The second kappa shape index (κ2) is 8.66. The lowest BCUT2D eigenvalue weighted by Gasteiger charge is -2.21. The molecule has 1 aromatic rings. The maximum absolute atomic E-state index is 10.1. The van der Waals surface area contributed by atoms with E-state index in [-0.39, 0.29) is 0 Å². The van der Waals surface area contributed by atoms with E-state index in [4.69, 9.17) is 4.74 Å². The van der Waals surface area contributed by atoms with Crippen molar-refractivity contribution in [2.45, 2.75) is 50.0 Å². The Bertz CT molecular complexity index is 427. The van der Waals surface area contributed by atoms with E-state index in [1.54, 1.807) is 0 Å². The Labute approximate surface area is 132 Å². The Balaban J connectivity index is 1.70. The third-order valence-corrected chi connectivity index (χ3v) is 5.29. The molecule has 2 N–H and O–H groups in total. The second-order valence-corrected chi connectivity index (χ2v) is 6.76. The number of nitrogens with one attached hydrogen (secondary N) is 1. The summed E-state index contributed by atoms with van der Waals surface area (Å²) in [6.07, 6.45) is 6.51. The molecule has 1 saturated carbocycles. The van der Waals surface area contributed by atoms with Crippen LogP contribution < -0.4 is 10.1 Å². The quantitative estimate of drug-likeness (QED) is 0.775. The Morgan fingerprint density at radius 3 is 3.05 bits per heavy atom. The second-order valence-electron chi connectivity index (χ2n) is 5.69. The summed E-state index contributed by atoms with van der Waals surface area (Å²) >= 11 is 1.93. The van der Waals surface area contributed by atoms with Gasteiger partial charge in [0.1, 0.15) is 18.5 Å². The summed E-state index contributed by atoms with van der Waals surface area (Å²) in [5, 5.41) is 14.2. The molecule has 1 aliphatic carbocycles. The normalized spacial score (nSPS) is 23.2. The molecule has 1 aromatic carbocycles. The summed E-state index contributed by atoms with van der Waals surface area (Å²) in [6.45, 7) is 3.08. The maximum Gasteiger partial charge on any atom is 0.119 e. The molecular weight excluding hydrogens is 282 g/mol. The van der Waals surface area contributed by atoms with Crippen LogP contribution in [0.25, 0.3) is 0 Å². The highest BCUT2D eigenvalue weighted by molar-refractivity contribution is 7.99. The number of aryl methyl sites for hydroxylation is 1. The van der Waals surface area contributed by atoms with Crippen LogP contribution in [-0.4, -0.2) is 41.9 Å². The molecule has 0 heterocycles. The van der Waals surface area contributed by atoms with Gasteiger partial charge in [0.2, 0.25) is 0 Å². The van der Waals surface area contributed by atoms with Crippen LogP contribution in [-0.2, 0) is 6.42 Å². The first kappa shape index (κ1) is 16.7. The first-order valence-electron chi connectivity index (χ1n) is 7.89. The van der Waals surface area contributed by atoms with Crippen LogP contribution in [0.5, 0.6) is 5.75 Å². The van der Waals surface area contributed by atoms with Crippen molar-refractivity contribution in [1.82, 2.24) is 5.32 Å². The van der Waals surface area contributed by atoms with Gasteiger partial charge in [-0.25, -0.2) is 0 Å². The zero-order valence-corrected chi connectivity index (χ0v) is 13.9. The standard InChI is InChI=1S/C17H27NO2S/c1-3-13-6-4-7-15(10-13)20-12-14(19)11-18-16-8-5-9-17(16)21-2/h4,6-7,10,14,16-19H,3,5,8-9,11-12H2,1-2H3. The lowest BCUT2D eigenvalue weighted by atomic mass is 10.2. The zero-order chi connectivity index (χ0) is 15.1. The monoisotopic (exact) mass is 309 g/mol. The van der Waals surface area contributed by atoms with E-state index in [1.165, 1.54) is 24.8 Å². The molecule has 1 fully saturated rings. The average Bonchev–Trinajstić information content (AvgIpc) is 2.98. The van der Waals surface area contributed by atoms with E-state index < -0.39 is 6.10 Å². The van der Waals surface area contributed by atoms with Crippen LogP contribution in [0.4, 0.5) is 0 Å². The van der Waals surface area contributed by atoms with Gasteiger partial charge in [-0.3, -0.25) is 0 Å². The van der Waals surface area contributed by atoms with E-state index >= 15 is 0 Å². The summed E-state index contributed by atoms with van der Waals surface area (Å²) < 4.78 is 5.68. The average molecular weight is 309 g/mol. The summed E-state index contributed by atoms with van der Waals surface area (Å²) in [5.74, 6) is 0.844. The Morgan fingerprint density at radius 1 is 1.43 bits per heavy atom. The Morgan fingerprint density at radius 2 is 2.29 bits per heavy atom. The van der Waals surface area contributed by atoms with Gasteiger partial charge in [-0.05, 0) is 43.2 Å². The van der Waals surface area contributed by atoms with Crippen LogP contribution in [0.15, 0.2) is 24.3 Å². The number of hydrogen-bond acceptors (Lipinski definition) is 4. The molecule has 0 spiro atoms. The van der Waals surface area contributed by atoms with Crippen LogP contribution in [0.2, 0.25) is 0 Å². The fraction of sp³-hybridized carbons (Fsp3) is 0.647. The summed E-state index contributed by atoms with van der Waals surface area (Å²) in [5.41, 5.74) is 1.26. The van der Waals surface area contributed by atoms with Crippen molar-refractivity contribution in [3.05, 3.63) is 29.8 Å². The minimum Gasteiger partial charge on any atom is -0.491 e. The van der Waals surface area contributed by atoms with Gasteiger partial charge in [0, 0.05) is 17.8 Å². The lowest BCUT2D eigenvalue weighted by molar-refractivity contribution is 0.104. The highest BCUT2D eigenvalue weighted by atomic mass is 32.2. The molecule has 3 atom stereocenters. The van der Waals surface area contributed by atoms with Gasteiger partial charge < -0.3 is 15.2 Å². The number of thioether (sulfide) groups is 1. The predicted octanol–water partition coefficient (Wildman–Crippen LogP) is 2.86. The topological polar surface area (TPSA) is 41.5 Å². The van der Waals surface area contributed by atoms with Gasteiger partial charge >= 0.3 is 0 Å². The van der Waals surface area contributed by atoms with Crippen molar-refractivity contribution >= 4 is 11.8 Å². The molecular formula is C17H27NO2S. The predicted molar refractivity (Wildman–Crippen MR) is 90.3 cm³/mol. The lowest BCUT2D eigenvalue weighted by Crippen LogP contribution is -2.40. The zero-order valence-electron chi connectivity index (χ0n) is 13.0. The molecule has 3 unspecified atom stereocenters. The number of rotatable bonds is 8. The highest BCUT2D eigenvalue weighted by Crippen LogP contribution is 2.28. The molecule has 4 heteroatoms. The Hall–Kier alpha value is -0.710. The third-order valence-electron chi connectivity index (χ3n) is 4.12. The number of aliphatic hydroxyl groups is 1. The number of hydrogen-bond donors (Lipinski definition) is 2. The molecule has 118 valence electrons. The first-order chi connectivity index (χ1) is 10.2. The van der Waals surface area contributed by atoms with Gasteiger partial charge in [-0.1, -0.05) is 25.5 Å². The molecule has 0 radical (unpaired) electrons. The Kier molecular flexibility index (Phi) is 6.87. The first-order valence-corrected chi connectivity index (χ1v) is 9.17. The molecule has 2 rings (SSSR count). The summed E-state index contributed by atoms with van der Waals surface area (Å²) in [4.78, 5) is 0. The molecule has 0 aliphatic heterocycles. The largest absolute Gasteiger partial charge is 0.491 e. The van der Waals surface area contributed by atoms with E-state index in [0.717, 1.165) is 12.2 Å². The van der Waals surface area contributed by atoms with E-state index in [2.05, 4.69) is 24.6 Å². The van der Waals surface area contributed by atoms with Crippen molar-refractivity contribution in [3.8, 4) is 5.75 Å². The minimum absolute atomic E-state index is 0.344. The van der Waals surface area contributed by atoms with Crippen LogP contribution in [0.1, 0.15) is 31.7 Å². The fourth-order valence-corrected chi connectivity index (χ4v) is 3.80. The van der Waals surface area contributed by atoms with E-state index in [9.17, 15) is 5.11 Å². The van der Waals surface area contributed by atoms with Gasteiger partial charge in [0.05, 0.1) is 0 Å². The number of aliphatic hydroxyl groups excluding tert-OH is 1. The molecule has 0 amide bonds. The van der Waals surface area contributed by atoms with Crippen molar-refractivity contribution in [3.63, 3.8) is 0 Å². The van der Waals surface area contributed by atoms with Crippen LogP contribution in [0, 0.1) is 0 Å². The molecule has 1 aliphatic rings. The number of benzene rings is 1. The van der Waals surface area contributed by atoms with Crippen LogP contribution >= 0.6 is 11.8 Å². The van der Waals surface area contributed by atoms with Crippen molar-refractivity contribution in [2.75, 3.05) is 19.4 Å². The highest BCUT2D eigenvalue weighted by Gasteiger charge is 2.26. The molecule has 0 aromatic heterocycles. The smallest absolute Gasteiger partial charge is 0.119 e. The summed E-state index contributed by atoms with van der Waals surface area (Å²) in [7, 11) is 0.